The minimum absolute atomic E-state index is 0. The number of H-pyrrole nitrogens is 1. The Morgan fingerprint density at radius 3 is 1.85 bits per heavy atom. The van der Waals surface area contributed by atoms with E-state index in [1.54, 1.807) is 9.36 Å². The number of carbonyl (C=O) groups excluding carboxylic acids is 2. The minimum atomic E-state index is -0.652. The van der Waals surface area contributed by atoms with E-state index >= 15 is 0 Å². The number of halogens is 1. The number of anilines is 3. The van der Waals surface area contributed by atoms with Crippen LogP contribution in [0, 0.1) is 30.1 Å². The lowest BCUT2D eigenvalue weighted by Gasteiger charge is -2.38. The van der Waals surface area contributed by atoms with Crippen molar-refractivity contribution < 1.29 is 36.2 Å². The molecule has 0 radical (unpaired) electrons. The van der Waals surface area contributed by atoms with Gasteiger partial charge < -0.3 is 68.0 Å². The molecule has 74 heavy (non-hydrogen) atoms. The Labute approximate surface area is 441 Å². The second kappa shape index (κ2) is 28.1. The van der Waals surface area contributed by atoms with Crippen LogP contribution in [-0.2, 0) is 30.2 Å². The predicted octanol–water partition coefficient (Wildman–Crippen LogP) is 0.795. The van der Waals surface area contributed by atoms with Crippen LogP contribution in [0.4, 0.5) is 17.8 Å². The quantitative estimate of drug-likeness (QED) is 0.0419. The van der Waals surface area contributed by atoms with Gasteiger partial charge in [-0.25, -0.2) is 9.36 Å². The van der Waals surface area contributed by atoms with Gasteiger partial charge in [0.05, 0.1) is 68.9 Å². The summed E-state index contributed by atoms with van der Waals surface area (Å²) in [5.74, 6) is 4.56. The van der Waals surface area contributed by atoms with Gasteiger partial charge in [0.25, 0.3) is 0 Å². The largest absolute Gasteiger partial charge is 1.00 e. The number of terminal acetylenes is 1. The standard InChI is InChI=1S/C51H77N17O5.ClH/c1-8-23-71-25-27-73-28-26-72-24-14-54-49-56-50(58-51(57-49)66-21-17-64(18-22-66)48(70)46(37(7)9-2)68-34-44(60-62-68)41(53)30-36(5)6)65-19-15-63(16-20-65)47(69)45(32-39-31-38-12-10-11-13-42(38)55-39)67-33-43(59-61-67)40(52)29-35(3)4;/h1,10-13,31,33-37,40-41,45-46,55H,9,14-30,32,52-53H2,2-7H3,(H,54,56,57,58);1H/p-1/t37-,40-,41-,45-,46-;/m0./s1. The fourth-order valence-electron chi connectivity index (χ4n) is 9.23. The lowest BCUT2D eigenvalue weighted by Crippen LogP contribution is -3.00. The summed E-state index contributed by atoms with van der Waals surface area (Å²) in [6.07, 6.45) is 11.6. The summed E-state index contributed by atoms with van der Waals surface area (Å²) >= 11 is 0. The SMILES string of the molecule is C#CCOCCOCCOCCNc1nc(N2CCN(C(=O)[C@H]([C@@H](C)CC)n3cc([C@@H](N)CC(C)C)nn3)CC2)nc(N2CCN(C(=O)[C@H](Cc3cc4ccccc4[nH]3)n3cc([C@@H](N)CC(C)C)nn3)CC2)n1.[Cl-]. The number of amides is 2. The monoisotopic (exact) mass is 1040 g/mol. The van der Waals surface area contributed by atoms with E-state index < -0.39 is 12.1 Å². The molecule has 0 bridgehead atoms. The number of nitrogens with zero attached hydrogens (tertiary/aromatic N) is 13. The molecule has 0 aliphatic carbocycles. The number of aromatic amines is 1. The van der Waals surface area contributed by atoms with Gasteiger partial charge in [0.2, 0.25) is 29.7 Å². The van der Waals surface area contributed by atoms with Crippen molar-refractivity contribution in [3.05, 3.63) is 59.8 Å². The van der Waals surface area contributed by atoms with Gasteiger partial charge in [0, 0.05) is 76.5 Å². The Bertz CT molecular complexity index is 2510. The third-order valence-electron chi connectivity index (χ3n) is 13.4. The van der Waals surface area contributed by atoms with E-state index in [1.165, 1.54) is 0 Å². The minimum Gasteiger partial charge on any atom is -1.00 e. The fourth-order valence-corrected chi connectivity index (χ4v) is 9.23. The predicted molar refractivity (Wildman–Crippen MR) is 280 cm³/mol. The highest BCUT2D eigenvalue weighted by Gasteiger charge is 2.35. The number of carbonyl (C=O) groups is 2. The molecule has 22 nitrogen and oxygen atoms in total. The van der Waals surface area contributed by atoms with Gasteiger partial charge in [-0.1, -0.05) is 82.5 Å². The third kappa shape index (κ3) is 15.5. The fraction of sp³-hybridized carbons (Fsp3) is 0.627. The highest BCUT2D eigenvalue weighted by molar-refractivity contribution is 5.83. The number of nitrogens with one attached hydrogen (secondary N) is 2. The van der Waals surface area contributed by atoms with Crippen LogP contribution in [0.15, 0.2) is 42.7 Å². The molecule has 4 aromatic heterocycles. The van der Waals surface area contributed by atoms with Crippen molar-refractivity contribution in [2.75, 3.05) is 114 Å². The van der Waals surface area contributed by atoms with Gasteiger partial charge in [0.1, 0.15) is 18.7 Å². The Balaban J connectivity index is 0.00000892. The lowest BCUT2D eigenvalue weighted by molar-refractivity contribution is -0.137. The molecule has 0 spiro atoms. The van der Waals surface area contributed by atoms with Crippen LogP contribution in [0.2, 0.25) is 0 Å². The lowest BCUT2D eigenvalue weighted by atomic mass is 9.97. The van der Waals surface area contributed by atoms with Gasteiger partial charge in [-0.3, -0.25) is 9.59 Å². The zero-order valence-corrected chi connectivity index (χ0v) is 44.7. The van der Waals surface area contributed by atoms with Crippen LogP contribution in [-0.4, -0.2) is 170 Å². The Morgan fingerprint density at radius 2 is 1.28 bits per heavy atom. The molecular formula is C51H77ClN17O5-. The van der Waals surface area contributed by atoms with Crippen LogP contribution >= 0.6 is 0 Å². The Morgan fingerprint density at radius 1 is 0.743 bits per heavy atom. The third-order valence-corrected chi connectivity index (χ3v) is 13.4. The first-order valence-corrected chi connectivity index (χ1v) is 26.0. The molecule has 7 rings (SSSR count). The molecule has 23 heteroatoms. The van der Waals surface area contributed by atoms with Crippen molar-refractivity contribution in [2.24, 2.45) is 29.2 Å². The van der Waals surface area contributed by atoms with Crippen LogP contribution in [0.3, 0.4) is 0 Å². The number of fused-ring (bicyclic) bond motifs is 1. The molecule has 2 aliphatic rings. The number of hydrogen-bond donors (Lipinski definition) is 4. The summed E-state index contributed by atoms with van der Waals surface area (Å²) in [6, 6.07) is 8.45. The molecule has 404 valence electrons. The zero-order chi connectivity index (χ0) is 51.9. The number of piperazine rings is 2. The highest BCUT2D eigenvalue weighted by Crippen LogP contribution is 2.28. The molecule has 0 saturated carbocycles. The topological polar surface area (TPSA) is 255 Å². The Hall–Kier alpha value is -5.96. The van der Waals surface area contributed by atoms with Crippen molar-refractivity contribution in [3.63, 3.8) is 0 Å². The smallest absolute Gasteiger partial charge is 0.248 e. The molecule has 5 atom stereocenters. The van der Waals surface area contributed by atoms with Gasteiger partial charge in [-0.15, -0.1) is 16.6 Å². The van der Waals surface area contributed by atoms with E-state index in [1.807, 2.05) is 40.4 Å². The van der Waals surface area contributed by atoms with Gasteiger partial charge >= 0.3 is 0 Å². The summed E-state index contributed by atoms with van der Waals surface area (Å²) in [7, 11) is 0. The molecular weight excluding hydrogens is 966 g/mol. The number of aromatic nitrogens is 10. The van der Waals surface area contributed by atoms with E-state index in [4.69, 9.17) is 47.1 Å². The summed E-state index contributed by atoms with van der Waals surface area (Å²) in [5, 5.41) is 22.1. The summed E-state index contributed by atoms with van der Waals surface area (Å²) < 4.78 is 20.0. The second-order valence-corrected chi connectivity index (χ2v) is 19.9. The molecule has 2 amide bonds. The second-order valence-electron chi connectivity index (χ2n) is 19.9. The van der Waals surface area contributed by atoms with Crippen LogP contribution in [0.25, 0.3) is 10.9 Å². The van der Waals surface area contributed by atoms with Crippen LogP contribution in [0.5, 0.6) is 0 Å². The first-order valence-electron chi connectivity index (χ1n) is 26.0. The number of ether oxygens (including phenoxy) is 3. The maximum atomic E-state index is 14.7. The molecule has 5 aromatic rings. The molecule has 1 aromatic carbocycles. The van der Waals surface area contributed by atoms with Gasteiger partial charge in [0.15, 0.2) is 0 Å². The van der Waals surface area contributed by atoms with Crippen molar-refractivity contribution in [1.82, 2.24) is 59.7 Å². The average molecular weight is 1040 g/mol. The maximum absolute atomic E-state index is 14.7. The van der Waals surface area contributed by atoms with Crippen molar-refractivity contribution >= 4 is 40.6 Å². The van der Waals surface area contributed by atoms with E-state index in [9.17, 15) is 9.59 Å². The van der Waals surface area contributed by atoms with Crippen molar-refractivity contribution in [2.45, 2.75) is 91.4 Å². The van der Waals surface area contributed by atoms with Gasteiger partial charge in [-0.05, 0) is 48.1 Å². The number of rotatable bonds is 27. The van der Waals surface area contributed by atoms with Crippen LogP contribution in [0.1, 0.15) is 102 Å². The first-order chi connectivity index (χ1) is 35.3. The van der Waals surface area contributed by atoms with Gasteiger partial charge in [-0.2, -0.15) is 15.0 Å². The van der Waals surface area contributed by atoms with E-state index in [0.717, 1.165) is 35.9 Å². The maximum Gasteiger partial charge on any atom is 0.248 e. The summed E-state index contributed by atoms with van der Waals surface area (Å²) in [4.78, 5) is 55.3. The number of hydrogen-bond acceptors (Lipinski definition) is 17. The molecule has 2 saturated heterocycles. The number of para-hydroxylation sites is 1. The van der Waals surface area contributed by atoms with E-state index in [2.05, 4.69) is 100 Å². The van der Waals surface area contributed by atoms with E-state index in [-0.39, 0.29) is 48.8 Å². The molecule has 2 aliphatic heterocycles. The summed E-state index contributed by atoms with van der Waals surface area (Å²) in [6.45, 7) is 19.2. The van der Waals surface area contributed by atoms with E-state index in [0.29, 0.717) is 139 Å². The number of nitrogens with two attached hydrogens (primary N) is 2. The molecule has 0 unspecified atom stereocenters. The summed E-state index contributed by atoms with van der Waals surface area (Å²) in [5.41, 5.74) is 16.3. The zero-order valence-electron chi connectivity index (χ0n) is 44.0. The first kappa shape index (κ1) is 57.3. The molecule has 6 N–H and O–H groups in total. The van der Waals surface area contributed by atoms with Crippen molar-refractivity contribution in [1.29, 1.82) is 0 Å². The molecule has 2 fully saturated rings. The number of benzene rings is 1. The highest BCUT2D eigenvalue weighted by atomic mass is 35.5. The normalized spacial score (nSPS) is 16.3. The Kier molecular flexibility index (Phi) is 21.8. The molecule has 6 heterocycles. The van der Waals surface area contributed by atoms with Crippen molar-refractivity contribution in [3.8, 4) is 12.3 Å². The van der Waals surface area contributed by atoms with Crippen LogP contribution < -0.4 is 39.0 Å². The average Bonchev–Trinajstić information content (AvgIpc) is 4.18.